The largest absolute Gasteiger partial charge is 0.387 e. The van der Waals surface area contributed by atoms with Crippen LogP contribution in [0.2, 0.25) is 0 Å². The third-order valence-corrected chi connectivity index (χ3v) is 13.8. The molecule has 0 bridgehead atoms. The number of hydrogen-bond donors (Lipinski definition) is 4. The molecular weight excluding hydrogens is 858 g/mol. The van der Waals surface area contributed by atoms with Gasteiger partial charge >= 0.3 is 0 Å². The number of piperazine rings is 1. The normalized spacial score (nSPS) is 19.6. The van der Waals surface area contributed by atoms with E-state index in [2.05, 4.69) is 52.7 Å². The van der Waals surface area contributed by atoms with Gasteiger partial charge in [-0.05, 0) is 93.4 Å². The second-order valence-electron chi connectivity index (χ2n) is 18.6. The van der Waals surface area contributed by atoms with Crippen molar-refractivity contribution in [1.29, 1.82) is 0 Å². The molecule has 4 amide bonds. The number of imidazole rings is 1. The summed E-state index contributed by atoms with van der Waals surface area (Å²) in [6, 6.07) is 15.9. The molecule has 0 saturated carbocycles. The molecule has 5 aromatic rings. The highest BCUT2D eigenvalue weighted by Crippen LogP contribution is 2.37. The number of hydrogen-bond acceptors (Lipinski definition) is 13. The highest BCUT2D eigenvalue weighted by molar-refractivity contribution is 6.07. The quantitative estimate of drug-likeness (QED) is 0.0932. The van der Waals surface area contributed by atoms with Crippen molar-refractivity contribution in [2.24, 2.45) is 0 Å². The lowest BCUT2D eigenvalue weighted by atomic mass is 9.92. The first-order valence-corrected chi connectivity index (χ1v) is 23.2. The number of carbonyl (C=O) groups excluding carboxylic acids is 4. The third kappa shape index (κ3) is 9.05. The van der Waals surface area contributed by atoms with Crippen LogP contribution in [0.25, 0.3) is 16.9 Å². The Morgan fingerprint density at radius 2 is 1.76 bits per heavy atom. The number of ether oxygens (including phenoxy) is 1. The smallest absolute Gasteiger partial charge is 0.255 e. The van der Waals surface area contributed by atoms with Crippen LogP contribution in [-0.4, -0.2) is 143 Å². The van der Waals surface area contributed by atoms with E-state index in [4.69, 9.17) is 9.72 Å². The maximum atomic E-state index is 13.9. The zero-order chi connectivity index (χ0) is 46.4. The first-order chi connectivity index (χ1) is 32.4. The number of amides is 4. The molecule has 17 nitrogen and oxygen atoms in total. The maximum absolute atomic E-state index is 13.9. The number of halogens is 1. The van der Waals surface area contributed by atoms with Gasteiger partial charge in [-0.15, -0.1) is 0 Å². The molecule has 5 aliphatic rings. The summed E-state index contributed by atoms with van der Waals surface area (Å²) in [7, 11) is 4.01. The van der Waals surface area contributed by atoms with Crippen LogP contribution in [0.5, 0.6) is 0 Å². The number of benzene rings is 2. The van der Waals surface area contributed by atoms with E-state index in [0.717, 1.165) is 78.6 Å². The number of carbonyl (C=O) groups is 4. The second-order valence-corrected chi connectivity index (χ2v) is 18.6. The van der Waals surface area contributed by atoms with E-state index in [1.165, 1.54) is 12.1 Å². The van der Waals surface area contributed by atoms with Gasteiger partial charge in [0.15, 0.2) is 0 Å². The summed E-state index contributed by atoms with van der Waals surface area (Å²) in [4.78, 5) is 70.6. The first kappa shape index (κ1) is 44.4. The van der Waals surface area contributed by atoms with Crippen molar-refractivity contribution in [3.63, 3.8) is 0 Å². The minimum Gasteiger partial charge on any atom is -0.387 e. The van der Waals surface area contributed by atoms with E-state index in [-0.39, 0.29) is 36.6 Å². The van der Waals surface area contributed by atoms with Crippen LogP contribution in [0.3, 0.4) is 0 Å². The van der Waals surface area contributed by atoms with Crippen LogP contribution in [0.15, 0.2) is 67.0 Å². The zero-order valence-corrected chi connectivity index (χ0v) is 37.9. The monoisotopic (exact) mass is 913 g/mol. The third-order valence-electron chi connectivity index (χ3n) is 13.8. The van der Waals surface area contributed by atoms with E-state index in [9.17, 15) is 28.7 Å². The molecule has 18 heteroatoms. The van der Waals surface area contributed by atoms with Gasteiger partial charge in [0.25, 0.3) is 11.8 Å². The maximum Gasteiger partial charge on any atom is 0.255 e. The topological polar surface area (TPSA) is 180 Å². The van der Waals surface area contributed by atoms with Crippen LogP contribution in [0.1, 0.15) is 69.6 Å². The molecule has 0 spiro atoms. The van der Waals surface area contributed by atoms with Gasteiger partial charge in [-0.25, -0.2) is 14.4 Å². The number of aliphatic hydroxyl groups is 1. The molecule has 67 heavy (non-hydrogen) atoms. The molecular formula is C49H56FN11O6. The number of pyridine rings is 2. The van der Waals surface area contributed by atoms with E-state index in [1.807, 2.05) is 48.8 Å². The highest BCUT2D eigenvalue weighted by Gasteiger charge is 2.40. The molecule has 0 radical (unpaired) electrons. The lowest BCUT2D eigenvalue weighted by Gasteiger charge is -2.40. The number of imide groups is 1. The summed E-state index contributed by atoms with van der Waals surface area (Å²) >= 11 is 0. The molecule has 1 unspecified atom stereocenters. The summed E-state index contributed by atoms with van der Waals surface area (Å²) in [6.07, 6.45) is 5.92. The van der Waals surface area contributed by atoms with Gasteiger partial charge < -0.3 is 40.1 Å². The molecule has 10 rings (SSSR count). The van der Waals surface area contributed by atoms with Gasteiger partial charge in [0.2, 0.25) is 11.8 Å². The Morgan fingerprint density at radius 1 is 0.955 bits per heavy atom. The minimum absolute atomic E-state index is 0.159. The molecule has 8 heterocycles. The van der Waals surface area contributed by atoms with Crippen molar-refractivity contribution in [1.82, 2.24) is 39.7 Å². The number of piperidine rings is 2. The molecule has 350 valence electrons. The summed E-state index contributed by atoms with van der Waals surface area (Å²) in [6.45, 7) is 7.91. The standard InChI is InChI=1S/C49H56FN11O6/c1-56(2)29-38-39(8-10-42(54-38)53-37-7-6-35(36-26-52-47(64)45(36)37)41-27-51-43-25-32(50)12-16-60(41)43)59-17-13-49(66,14-18-59)30-67-23-3-15-57-19-21-58(22-20-57)33-4-5-34-31(24-33)28-61(48(34)65)40-9-11-44(62)55-46(40)63/h4-8,10,12,16,24-25,27,40,66H,3,9,11,13-15,17-23,26,28-30H2,1-2H3,(H,52,64)(H,53,54)(H,55,62,63). The van der Waals surface area contributed by atoms with Crippen molar-refractivity contribution in [2.45, 2.75) is 63.4 Å². The number of nitrogens with zero attached hydrogens (tertiary/aromatic N) is 8. The van der Waals surface area contributed by atoms with Gasteiger partial charge in [-0.2, -0.15) is 0 Å². The van der Waals surface area contributed by atoms with Gasteiger partial charge in [-0.1, -0.05) is 6.07 Å². The summed E-state index contributed by atoms with van der Waals surface area (Å²) in [5.41, 5.74) is 7.71. The van der Waals surface area contributed by atoms with Crippen molar-refractivity contribution >= 4 is 52.2 Å². The number of aromatic nitrogens is 3. The predicted molar refractivity (Wildman–Crippen MR) is 250 cm³/mol. The fourth-order valence-electron chi connectivity index (χ4n) is 10.2. The van der Waals surface area contributed by atoms with E-state index >= 15 is 0 Å². The van der Waals surface area contributed by atoms with Gasteiger partial charge in [0.1, 0.15) is 23.3 Å². The van der Waals surface area contributed by atoms with Crippen molar-refractivity contribution < 1.29 is 33.4 Å². The molecule has 3 fully saturated rings. The average Bonchev–Trinajstić information content (AvgIpc) is 4.01. The molecule has 5 aliphatic heterocycles. The van der Waals surface area contributed by atoms with Crippen LogP contribution >= 0.6 is 0 Å². The molecule has 0 aliphatic carbocycles. The highest BCUT2D eigenvalue weighted by atomic mass is 19.1. The van der Waals surface area contributed by atoms with Crippen molar-refractivity contribution in [2.75, 3.05) is 88.2 Å². The van der Waals surface area contributed by atoms with E-state index < -0.39 is 17.6 Å². The number of rotatable bonds is 14. The Bertz CT molecular complexity index is 2750. The van der Waals surface area contributed by atoms with E-state index in [0.29, 0.717) is 86.9 Å². The summed E-state index contributed by atoms with van der Waals surface area (Å²) in [5, 5.41) is 20.3. The Kier molecular flexibility index (Phi) is 12.1. The van der Waals surface area contributed by atoms with Crippen LogP contribution < -0.4 is 25.8 Å². The van der Waals surface area contributed by atoms with Gasteiger partial charge in [-0.3, -0.25) is 33.8 Å². The van der Waals surface area contributed by atoms with Gasteiger partial charge in [0.05, 0.1) is 46.7 Å². The molecule has 3 saturated heterocycles. The molecule has 1 atom stereocenters. The number of fused-ring (bicyclic) bond motifs is 3. The fourth-order valence-corrected chi connectivity index (χ4v) is 10.2. The summed E-state index contributed by atoms with van der Waals surface area (Å²) in [5.74, 6) is -0.778. The van der Waals surface area contributed by atoms with E-state index in [1.54, 1.807) is 17.3 Å². The first-order valence-electron chi connectivity index (χ1n) is 23.2. The Balaban J connectivity index is 0.691. The number of nitrogens with one attached hydrogen (secondary N) is 3. The van der Waals surface area contributed by atoms with Crippen molar-refractivity contribution in [3.8, 4) is 11.3 Å². The zero-order valence-electron chi connectivity index (χ0n) is 37.9. The van der Waals surface area contributed by atoms with Crippen LogP contribution in [-0.2, 0) is 34.0 Å². The average molecular weight is 914 g/mol. The number of anilines is 4. The Hall–Kier alpha value is -6.47. The lowest BCUT2D eigenvalue weighted by Crippen LogP contribution is -2.52. The van der Waals surface area contributed by atoms with Crippen LogP contribution in [0.4, 0.5) is 27.3 Å². The molecule has 3 aromatic heterocycles. The Morgan fingerprint density at radius 3 is 2.55 bits per heavy atom. The summed E-state index contributed by atoms with van der Waals surface area (Å²) < 4.78 is 21.8. The lowest BCUT2D eigenvalue weighted by molar-refractivity contribution is -0.136. The fraction of sp³-hybridized carbons (Fsp3) is 0.429. The second kappa shape index (κ2) is 18.3. The van der Waals surface area contributed by atoms with Gasteiger partial charge in [0, 0.05) is 108 Å². The van der Waals surface area contributed by atoms with Crippen molar-refractivity contribution in [3.05, 3.63) is 101 Å². The molecule has 4 N–H and O–H groups in total. The minimum atomic E-state index is -0.912. The predicted octanol–water partition coefficient (Wildman–Crippen LogP) is 3.91. The SMILES string of the molecule is CN(C)Cc1nc(Nc2ccc(-c3cnc4cc(F)ccn34)c3c2C(=O)NC3)ccc1N1CCC(O)(COCCCN2CCN(c3ccc4c(c3)CN(C3CCC(=O)NC3=O)C4=O)CC2)CC1. The Labute approximate surface area is 387 Å². The van der Waals surface area contributed by atoms with Crippen LogP contribution in [0, 0.1) is 5.82 Å². The molecule has 2 aromatic carbocycles.